The third kappa shape index (κ3) is 3.11. The molecule has 0 radical (unpaired) electrons. The van der Waals surface area contributed by atoms with Crippen LogP contribution in [0, 0.1) is 34.6 Å². The number of benzene rings is 1. The Morgan fingerprint density at radius 1 is 1.04 bits per heavy atom. The van der Waals surface area contributed by atoms with Crippen LogP contribution in [-0.4, -0.2) is 32.3 Å². The van der Waals surface area contributed by atoms with Gasteiger partial charge in [0, 0.05) is 5.56 Å². The zero-order valence-electron chi connectivity index (χ0n) is 15.3. The van der Waals surface area contributed by atoms with Crippen molar-refractivity contribution in [3.63, 3.8) is 0 Å². The molecule has 1 aromatic carbocycles. The van der Waals surface area contributed by atoms with E-state index in [0.29, 0.717) is 11.3 Å². The van der Waals surface area contributed by atoms with E-state index in [-0.39, 0.29) is 11.6 Å². The van der Waals surface area contributed by atoms with Gasteiger partial charge < -0.3 is 5.32 Å². The van der Waals surface area contributed by atoms with Gasteiger partial charge in [-0.1, -0.05) is 6.07 Å². The monoisotopic (exact) mass is 363 g/mol. The van der Waals surface area contributed by atoms with Gasteiger partial charge in [0.1, 0.15) is 18.7 Å². The quantitative estimate of drug-likeness (QED) is 0.753. The molecule has 0 aliphatic carbocycles. The lowest BCUT2D eigenvalue weighted by atomic mass is 9.90. The molecule has 0 amide bonds. The van der Waals surface area contributed by atoms with Crippen LogP contribution in [0.4, 0.5) is 19.0 Å². The Morgan fingerprint density at radius 2 is 1.73 bits per heavy atom. The van der Waals surface area contributed by atoms with Crippen LogP contribution in [0.15, 0.2) is 12.4 Å². The number of aryl methyl sites for hydroxylation is 2. The number of aromatic nitrogens is 4. The highest BCUT2D eigenvalue weighted by atomic mass is 19.4. The molecule has 1 N–H and O–H groups in total. The minimum Gasteiger partial charge on any atom is -0.360 e. The fourth-order valence-corrected chi connectivity index (χ4v) is 3.09. The van der Waals surface area contributed by atoms with E-state index >= 15 is 0 Å². The molecule has 0 saturated heterocycles. The predicted octanol–water partition coefficient (Wildman–Crippen LogP) is 4.31. The Labute approximate surface area is 149 Å². The molecule has 0 saturated carbocycles. The Balaban J connectivity index is 2.30. The second-order valence-corrected chi connectivity index (χ2v) is 6.48. The van der Waals surface area contributed by atoms with Crippen molar-refractivity contribution in [2.45, 2.75) is 40.8 Å². The average Bonchev–Trinajstić information content (AvgIpc) is 3.01. The van der Waals surface area contributed by atoms with Crippen molar-refractivity contribution < 1.29 is 13.2 Å². The first-order valence-electron chi connectivity index (χ1n) is 8.19. The summed E-state index contributed by atoms with van der Waals surface area (Å²) in [6.07, 6.45) is -3.07. The number of fused-ring (bicyclic) bond motifs is 1. The maximum atomic E-state index is 12.8. The molecule has 0 aliphatic heterocycles. The van der Waals surface area contributed by atoms with Crippen molar-refractivity contribution in [1.82, 2.24) is 19.6 Å². The number of hydrogen-bond acceptors (Lipinski definition) is 4. The molecule has 2 aromatic heterocycles. The lowest BCUT2D eigenvalue weighted by molar-refractivity contribution is -0.115. The molecule has 0 fully saturated rings. The molecular formula is C18H20F3N5. The molecule has 3 aromatic rings. The molecule has 3 rings (SSSR count). The third-order valence-corrected chi connectivity index (χ3v) is 4.81. The number of nitrogens with zero attached hydrogens (tertiary/aromatic N) is 4. The summed E-state index contributed by atoms with van der Waals surface area (Å²) in [4.78, 5) is 8.42. The molecule has 0 spiro atoms. The Bertz CT molecular complexity index is 989. The van der Waals surface area contributed by atoms with Crippen LogP contribution < -0.4 is 5.32 Å². The highest BCUT2D eigenvalue weighted by molar-refractivity contribution is 5.82. The summed E-state index contributed by atoms with van der Waals surface area (Å²) in [7, 11) is 0. The van der Waals surface area contributed by atoms with E-state index in [0.717, 1.165) is 22.3 Å². The first-order chi connectivity index (χ1) is 12.1. The maximum absolute atomic E-state index is 12.8. The summed E-state index contributed by atoms with van der Waals surface area (Å²) in [5.74, 6) is 0.502. The largest absolute Gasteiger partial charge is 0.405 e. The van der Waals surface area contributed by atoms with Crippen molar-refractivity contribution >= 4 is 11.6 Å². The highest BCUT2D eigenvalue weighted by Gasteiger charge is 2.29. The fourth-order valence-electron chi connectivity index (χ4n) is 3.09. The minimum absolute atomic E-state index is 0.244. The van der Waals surface area contributed by atoms with E-state index in [4.69, 9.17) is 0 Å². The first-order valence-corrected chi connectivity index (χ1v) is 8.19. The molecule has 0 aliphatic rings. The Hall–Kier alpha value is -2.64. The number of hydrogen-bond donors (Lipinski definition) is 1. The standard InChI is InChI=1S/C18H20F3N5/c1-9-6-14(12(4)11(3)10(9)2)15-13(5)25-17-23-8-24-26(17)16(15)22-7-18(19,20)21/h6,8,22H,7H2,1-5H3. The van der Waals surface area contributed by atoms with Gasteiger partial charge in [-0.2, -0.15) is 27.8 Å². The summed E-state index contributed by atoms with van der Waals surface area (Å²) in [6, 6.07) is 1.99. The molecule has 0 atom stereocenters. The second-order valence-electron chi connectivity index (χ2n) is 6.48. The van der Waals surface area contributed by atoms with Crippen molar-refractivity contribution in [1.29, 1.82) is 0 Å². The SMILES string of the molecule is Cc1cc(-c2c(C)nc3ncnn3c2NCC(F)(F)F)c(C)c(C)c1C. The van der Waals surface area contributed by atoms with Crippen molar-refractivity contribution in [2.24, 2.45) is 0 Å². The van der Waals surface area contributed by atoms with Gasteiger partial charge in [-0.05, 0) is 62.4 Å². The highest BCUT2D eigenvalue weighted by Crippen LogP contribution is 2.36. The number of alkyl halides is 3. The summed E-state index contributed by atoms with van der Waals surface area (Å²) >= 11 is 0. The van der Waals surface area contributed by atoms with Crippen LogP contribution in [0.5, 0.6) is 0 Å². The van der Waals surface area contributed by atoms with Gasteiger partial charge in [0.2, 0.25) is 0 Å². The van der Waals surface area contributed by atoms with Gasteiger partial charge in [0.15, 0.2) is 0 Å². The van der Waals surface area contributed by atoms with Crippen molar-refractivity contribution in [3.05, 3.63) is 40.3 Å². The summed E-state index contributed by atoms with van der Waals surface area (Å²) in [5, 5.41) is 6.55. The van der Waals surface area contributed by atoms with Gasteiger partial charge in [-0.3, -0.25) is 0 Å². The summed E-state index contributed by atoms with van der Waals surface area (Å²) in [5.41, 5.74) is 6.41. The third-order valence-electron chi connectivity index (χ3n) is 4.81. The van der Waals surface area contributed by atoms with E-state index in [9.17, 15) is 13.2 Å². The van der Waals surface area contributed by atoms with E-state index in [2.05, 4.69) is 20.4 Å². The fraction of sp³-hybridized carbons (Fsp3) is 0.389. The summed E-state index contributed by atoms with van der Waals surface area (Å²) < 4.78 is 39.8. The van der Waals surface area contributed by atoms with Gasteiger partial charge in [-0.25, -0.2) is 4.98 Å². The number of nitrogens with one attached hydrogen (secondary N) is 1. The van der Waals surface area contributed by atoms with E-state index in [1.807, 2.05) is 33.8 Å². The molecular weight excluding hydrogens is 343 g/mol. The van der Waals surface area contributed by atoms with Crippen LogP contribution >= 0.6 is 0 Å². The molecule has 8 heteroatoms. The van der Waals surface area contributed by atoms with Crippen molar-refractivity contribution in [3.8, 4) is 11.1 Å². The second kappa shape index (κ2) is 6.26. The maximum Gasteiger partial charge on any atom is 0.405 e. The van der Waals surface area contributed by atoms with E-state index < -0.39 is 12.7 Å². The van der Waals surface area contributed by atoms with Crippen LogP contribution in [0.25, 0.3) is 16.9 Å². The topological polar surface area (TPSA) is 55.1 Å². The average molecular weight is 363 g/mol. The lowest BCUT2D eigenvalue weighted by Crippen LogP contribution is -2.23. The Kier molecular flexibility index (Phi) is 4.37. The number of anilines is 1. The van der Waals surface area contributed by atoms with Gasteiger partial charge >= 0.3 is 6.18 Å². The smallest absolute Gasteiger partial charge is 0.360 e. The molecule has 26 heavy (non-hydrogen) atoms. The van der Waals surface area contributed by atoms with Gasteiger partial charge in [0.25, 0.3) is 5.78 Å². The van der Waals surface area contributed by atoms with Crippen LogP contribution in [-0.2, 0) is 0 Å². The van der Waals surface area contributed by atoms with E-state index in [1.165, 1.54) is 16.4 Å². The van der Waals surface area contributed by atoms with Gasteiger partial charge in [-0.15, -0.1) is 0 Å². The molecule has 2 heterocycles. The number of rotatable bonds is 3. The minimum atomic E-state index is -4.35. The first kappa shape index (κ1) is 18.2. The lowest BCUT2D eigenvalue weighted by Gasteiger charge is -2.20. The van der Waals surface area contributed by atoms with Crippen LogP contribution in [0.2, 0.25) is 0 Å². The molecule has 0 bridgehead atoms. The molecule has 5 nitrogen and oxygen atoms in total. The normalized spacial score (nSPS) is 12.0. The molecule has 138 valence electrons. The predicted molar refractivity (Wildman–Crippen MR) is 94.4 cm³/mol. The van der Waals surface area contributed by atoms with Crippen molar-refractivity contribution in [2.75, 3.05) is 11.9 Å². The Morgan fingerprint density at radius 3 is 2.38 bits per heavy atom. The van der Waals surface area contributed by atoms with Crippen LogP contribution in [0.1, 0.15) is 27.9 Å². The van der Waals surface area contributed by atoms with E-state index in [1.54, 1.807) is 6.92 Å². The number of halogens is 3. The van der Waals surface area contributed by atoms with Gasteiger partial charge in [0.05, 0.1) is 5.69 Å². The van der Waals surface area contributed by atoms with Crippen LogP contribution in [0.3, 0.4) is 0 Å². The molecule has 0 unspecified atom stereocenters. The summed E-state index contributed by atoms with van der Waals surface area (Å²) in [6.45, 7) is 8.62. The zero-order valence-corrected chi connectivity index (χ0v) is 15.3. The zero-order chi connectivity index (χ0) is 19.2.